The Balaban J connectivity index is 0.000000587. The number of halogens is 1. The van der Waals surface area contributed by atoms with E-state index in [1.807, 2.05) is 24.8 Å². The van der Waals surface area contributed by atoms with Crippen LogP contribution in [0.5, 0.6) is 0 Å². The molecule has 6 rings (SSSR count). The maximum absolute atomic E-state index is 14.5. The highest BCUT2D eigenvalue weighted by Gasteiger charge is 2.45. The Bertz CT molecular complexity index is 1720. The van der Waals surface area contributed by atoms with Crippen molar-refractivity contribution in [1.82, 2.24) is 29.0 Å². The number of carbonyl (C=O) groups excluding carboxylic acids is 1. The zero-order valence-corrected chi connectivity index (χ0v) is 31.3. The molecule has 2 atom stereocenters. The molecule has 1 amide bonds. The Morgan fingerprint density at radius 2 is 1.52 bits per heavy atom. The lowest BCUT2D eigenvalue weighted by Crippen LogP contribution is -2.63. The van der Waals surface area contributed by atoms with Crippen LogP contribution in [-0.4, -0.2) is 128 Å². The predicted molar refractivity (Wildman–Crippen MR) is 193 cm³/mol. The fourth-order valence-electron chi connectivity index (χ4n) is 8.03. The van der Waals surface area contributed by atoms with Gasteiger partial charge in [0.2, 0.25) is 10.0 Å². The van der Waals surface area contributed by atoms with E-state index < -0.39 is 22.0 Å². The quantitative estimate of drug-likeness (QED) is 0.359. The topological polar surface area (TPSA) is 165 Å². The first-order chi connectivity index (χ1) is 24.6. The van der Waals surface area contributed by atoms with Gasteiger partial charge in [-0.1, -0.05) is 12.1 Å². The maximum atomic E-state index is 14.5. The number of aryl methyl sites for hydroxylation is 2. The SMILES string of the molecule is Cc1ncnc(C)c1C(=O)N1CCC(C)(N2CCN([C@@H](c3cccc(F)c3)C3CCN(S(=O)(=O)C4CC4)CC3)[C@H](C)C2)CC1.O=C(O)/C=C/C(=O)O. The Morgan fingerprint density at radius 3 is 2.04 bits per heavy atom. The average Bonchev–Trinajstić information content (AvgIpc) is 3.96. The predicted octanol–water partition coefficient (Wildman–Crippen LogP) is 3.89. The summed E-state index contributed by atoms with van der Waals surface area (Å²) in [6, 6.07) is 7.29. The van der Waals surface area contributed by atoms with Gasteiger partial charge in [0, 0.05) is 75.6 Å². The minimum absolute atomic E-state index is 0.00866. The third kappa shape index (κ3) is 9.22. The summed E-state index contributed by atoms with van der Waals surface area (Å²) in [7, 11) is -3.18. The van der Waals surface area contributed by atoms with Crippen LogP contribution in [0.3, 0.4) is 0 Å². The summed E-state index contributed by atoms with van der Waals surface area (Å²) in [5, 5.41) is 15.4. The number of amides is 1. The van der Waals surface area contributed by atoms with Crippen LogP contribution in [0.2, 0.25) is 0 Å². The van der Waals surface area contributed by atoms with Gasteiger partial charge < -0.3 is 15.1 Å². The number of piperazine rings is 1. The Labute approximate surface area is 305 Å². The van der Waals surface area contributed by atoms with Crippen molar-refractivity contribution in [2.75, 3.05) is 45.8 Å². The van der Waals surface area contributed by atoms with Crippen LogP contribution in [0.1, 0.15) is 85.7 Å². The first-order valence-corrected chi connectivity index (χ1v) is 19.6. The number of nitrogens with zero attached hydrogens (tertiary/aromatic N) is 6. The highest BCUT2D eigenvalue weighted by molar-refractivity contribution is 7.90. The van der Waals surface area contributed by atoms with E-state index >= 15 is 0 Å². The summed E-state index contributed by atoms with van der Waals surface area (Å²) in [6.07, 6.45) is 7.56. The van der Waals surface area contributed by atoms with Gasteiger partial charge in [-0.2, -0.15) is 0 Å². The summed E-state index contributed by atoms with van der Waals surface area (Å²) in [4.78, 5) is 48.1. The number of hydrogen-bond acceptors (Lipinski definition) is 9. The molecular formula is C37H51FN6O7S. The lowest BCUT2D eigenvalue weighted by Gasteiger charge is -2.54. The highest BCUT2D eigenvalue weighted by atomic mass is 32.2. The molecule has 2 N–H and O–H groups in total. The molecule has 1 aliphatic carbocycles. The van der Waals surface area contributed by atoms with Crippen molar-refractivity contribution in [2.24, 2.45) is 5.92 Å². The molecule has 3 saturated heterocycles. The standard InChI is InChI=1S/C33H47FN6O3S.C4H4O4/c1-23-21-38(33(4)12-16-37(17-13-33)32(41)30-24(2)35-22-36-25(30)3)18-19-40(23)31(27-6-5-7-28(34)20-27)26-10-14-39(15-11-26)44(42,43)29-8-9-29;5-3(6)1-2-4(7)8/h5-7,20,22-23,26,29,31H,8-19,21H2,1-4H3;1-2H,(H,5,6)(H,7,8)/b;2-1+/t23-,31-;/m1./s1. The zero-order chi connectivity index (χ0) is 37.8. The maximum Gasteiger partial charge on any atom is 0.328 e. The summed E-state index contributed by atoms with van der Waals surface area (Å²) in [5.74, 6) is -2.46. The first kappa shape index (κ1) is 39.4. The summed E-state index contributed by atoms with van der Waals surface area (Å²) in [5.41, 5.74) is 3.05. The number of carbonyl (C=O) groups is 3. The van der Waals surface area contributed by atoms with E-state index in [0.29, 0.717) is 43.9 Å². The van der Waals surface area contributed by atoms with Crippen LogP contribution in [0.4, 0.5) is 4.39 Å². The van der Waals surface area contributed by atoms with Crippen molar-refractivity contribution in [2.45, 2.75) is 89.1 Å². The van der Waals surface area contributed by atoms with Crippen molar-refractivity contribution in [1.29, 1.82) is 0 Å². The second kappa shape index (κ2) is 16.5. The van der Waals surface area contributed by atoms with Gasteiger partial charge in [0.05, 0.1) is 22.2 Å². The molecule has 4 fully saturated rings. The van der Waals surface area contributed by atoms with E-state index in [2.05, 4.69) is 33.6 Å². The van der Waals surface area contributed by atoms with E-state index in [1.54, 1.807) is 16.4 Å². The Kier molecular flexibility index (Phi) is 12.5. The van der Waals surface area contributed by atoms with Crippen LogP contribution in [0.25, 0.3) is 0 Å². The number of aliphatic carboxylic acids is 2. The van der Waals surface area contributed by atoms with Gasteiger partial charge in [-0.25, -0.2) is 36.7 Å². The molecule has 4 aliphatic rings. The molecule has 4 heterocycles. The van der Waals surface area contributed by atoms with Gasteiger partial charge in [0.1, 0.15) is 12.1 Å². The van der Waals surface area contributed by atoms with E-state index in [9.17, 15) is 27.2 Å². The fraction of sp³-hybridized carbons (Fsp3) is 0.595. The third-order valence-corrected chi connectivity index (χ3v) is 13.6. The molecule has 284 valence electrons. The zero-order valence-electron chi connectivity index (χ0n) is 30.4. The lowest BCUT2D eigenvalue weighted by atomic mass is 9.82. The smallest absolute Gasteiger partial charge is 0.328 e. The molecule has 0 unspecified atom stereocenters. The van der Waals surface area contributed by atoms with E-state index in [-0.39, 0.29) is 40.5 Å². The number of piperidine rings is 2. The van der Waals surface area contributed by atoms with Gasteiger partial charge in [-0.3, -0.25) is 14.6 Å². The first-order valence-electron chi connectivity index (χ1n) is 18.1. The Morgan fingerprint density at radius 1 is 0.923 bits per heavy atom. The summed E-state index contributed by atoms with van der Waals surface area (Å²) in [6.45, 7) is 13.5. The Hall–Kier alpha value is -3.79. The number of aromatic nitrogens is 2. The van der Waals surface area contributed by atoms with Gasteiger partial charge in [0.15, 0.2) is 0 Å². The number of carboxylic acids is 2. The van der Waals surface area contributed by atoms with Crippen LogP contribution < -0.4 is 0 Å². The van der Waals surface area contributed by atoms with Gasteiger partial charge in [0.25, 0.3) is 5.91 Å². The van der Waals surface area contributed by atoms with Crippen molar-refractivity contribution in [3.8, 4) is 0 Å². The van der Waals surface area contributed by atoms with Crippen LogP contribution in [0, 0.1) is 25.6 Å². The van der Waals surface area contributed by atoms with Crippen molar-refractivity contribution in [3.63, 3.8) is 0 Å². The van der Waals surface area contributed by atoms with Crippen molar-refractivity contribution >= 4 is 27.9 Å². The van der Waals surface area contributed by atoms with Crippen LogP contribution >= 0.6 is 0 Å². The molecule has 0 bridgehead atoms. The summed E-state index contributed by atoms with van der Waals surface area (Å²) < 4.78 is 42.0. The minimum Gasteiger partial charge on any atom is -0.478 e. The van der Waals surface area contributed by atoms with Gasteiger partial charge >= 0.3 is 11.9 Å². The number of likely N-dealkylation sites (tertiary alicyclic amines) is 1. The third-order valence-electron chi connectivity index (χ3n) is 11.2. The number of rotatable bonds is 9. The van der Waals surface area contributed by atoms with E-state index in [0.717, 1.165) is 75.1 Å². The molecule has 0 radical (unpaired) electrons. The molecule has 13 nitrogen and oxygen atoms in total. The average molecular weight is 743 g/mol. The molecule has 0 spiro atoms. The normalized spacial score (nSPS) is 22.8. The second-order valence-electron chi connectivity index (χ2n) is 14.7. The molecule has 3 aliphatic heterocycles. The fourth-order valence-corrected chi connectivity index (χ4v) is 9.91. The molecule has 1 aromatic carbocycles. The molecule has 52 heavy (non-hydrogen) atoms. The number of hydrogen-bond donors (Lipinski definition) is 2. The molecule has 15 heteroatoms. The second-order valence-corrected chi connectivity index (χ2v) is 16.9. The molecule has 2 aromatic rings. The van der Waals surface area contributed by atoms with E-state index in [4.69, 9.17) is 10.2 Å². The number of carboxylic acid groups (broad SMARTS) is 2. The molecule has 1 aromatic heterocycles. The van der Waals surface area contributed by atoms with Crippen molar-refractivity contribution < 1.29 is 37.4 Å². The number of benzene rings is 1. The van der Waals surface area contributed by atoms with Crippen molar-refractivity contribution in [3.05, 3.63) is 71.1 Å². The van der Waals surface area contributed by atoms with Gasteiger partial charge in [-0.15, -0.1) is 0 Å². The highest BCUT2D eigenvalue weighted by Crippen LogP contribution is 2.41. The van der Waals surface area contributed by atoms with E-state index in [1.165, 1.54) is 12.4 Å². The minimum atomic E-state index is -3.18. The number of sulfonamides is 1. The van der Waals surface area contributed by atoms with Crippen LogP contribution in [-0.2, 0) is 19.6 Å². The van der Waals surface area contributed by atoms with Crippen LogP contribution in [0.15, 0.2) is 42.7 Å². The molecular weight excluding hydrogens is 692 g/mol. The monoisotopic (exact) mass is 742 g/mol. The largest absolute Gasteiger partial charge is 0.478 e. The molecule has 1 saturated carbocycles. The lowest BCUT2D eigenvalue weighted by molar-refractivity contribution is -0.134. The summed E-state index contributed by atoms with van der Waals surface area (Å²) >= 11 is 0. The van der Waals surface area contributed by atoms with Gasteiger partial charge in [-0.05, 0) is 89.8 Å².